The van der Waals surface area contributed by atoms with Gasteiger partial charge in [-0.3, -0.25) is 4.79 Å². The van der Waals surface area contributed by atoms with Crippen molar-refractivity contribution in [3.05, 3.63) is 28.2 Å². The number of carbonyl (C=O) groups is 1. The third-order valence-electron chi connectivity index (χ3n) is 2.81. The predicted molar refractivity (Wildman–Crippen MR) is 75.1 cm³/mol. The second kappa shape index (κ2) is 6.84. The molecule has 1 amide bonds. The lowest BCUT2D eigenvalue weighted by Crippen LogP contribution is -2.41. The Labute approximate surface area is 120 Å². The highest BCUT2D eigenvalue weighted by atomic mass is 79.9. The van der Waals surface area contributed by atoms with Crippen LogP contribution in [0.1, 0.15) is 20.8 Å². The molecule has 0 saturated carbocycles. The Morgan fingerprint density at radius 3 is 2.42 bits per heavy atom. The number of carbonyl (C=O) groups excluding carboxylic acids is 1. The zero-order chi connectivity index (χ0) is 14.6. The van der Waals surface area contributed by atoms with Crippen LogP contribution in [0.5, 0.6) is 0 Å². The number of nitrogens with zero attached hydrogens (tertiary/aromatic N) is 1. The maximum Gasteiger partial charge on any atom is 0.244 e. The molecule has 19 heavy (non-hydrogen) atoms. The number of amides is 1. The van der Waals surface area contributed by atoms with Gasteiger partial charge in [0, 0.05) is 23.6 Å². The van der Waals surface area contributed by atoms with Crippen LogP contribution in [0.25, 0.3) is 0 Å². The average Bonchev–Trinajstić information content (AvgIpc) is 2.34. The van der Waals surface area contributed by atoms with E-state index in [9.17, 15) is 13.6 Å². The van der Waals surface area contributed by atoms with E-state index >= 15 is 0 Å². The number of benzene rings is 1. The van der Waals surface area contributed by atoms with Gasteiger partial charge in [0.15, 0.2) is 0 Å². The summed E-state index contributed by atoms with van der Waals surface area (Å²) in [6, 6.07) is 1.35. The molecule has 0 saturated heterocycles. The second-order valence-electron chi connectivity index (χ2n) is 4.12. The fourth-order valence-corrected chi connectivity index (χ4v) is 2.29. The molecular weight excluding hydrogens is 318 g/mol. The lowest BCUT2D eigenvalue weighted by atomic mass is 10.2. The van der Waals surface area contributed by atoms with E-state index in [-0.39, 0.29) is 16.1 Å². The highest BCUT2D eigenvalue weighted by Crippen LogP contribution is 2.27. The number of hydrogen-bond donors (Lipinski definition) is 1. The van der Waals surface area contributed by atoms with Crippen LogP contribution in [0.2, 0.25) is 0 Å². The summed E-state index contributed by atoms with van der Waals surface area (Å²) in [5.74, 6) is -1.52. The van der Waals surface area contributed by atoms with Gasteiger partial charge in [0.2, 0.25) is 5.91 Å². The Bertz CT molecular complexity index is 441. The Morgan fingerprint density at radius 2 is 1.95 bits per heavy atom. The van der Waals surface area contributed by atoms with E-state index in [4.69, 9.17) is 0 Å². The van der Waals surface area contributed by atoms with Gasteiger partial charge in [-0.2, -0.15) is 0 Å². The highest BCUT2D eigenvalue weighted by molar-refractivity contribution is 9.10. The standard InChI is InChI=1S/C13H17BrF2N2O/c1-4-18(5-2)13(19)8(3)17-12-10(14)6-9(15)7-11(12)16/h6-8,17H,4-5H2,1-3H3. The van der Waals surface area contributed by atoms with E-state index in [0.717, 1.165) is 12.1 Å². The molecule has 1 aromatic carbocycles. The number of anilines is 1. The molecule has 0 aromatic heterocycles. The first-order chi connectivity index (χ1) is 8.90. The Hall–Kier alpha value is -1.17. The molecule has 0 spiro atoms. The van der Waals surface area contributed by atoms with Crippen LogP contribution in [0, 0.1) is 11.6 Å². The smallest absolute Gasteiger partial charge is 0.244 e. The second-order valence-corrected chi connectivity index (χ2v) is 4.98. The Balaban J connectivity index is 2.88. The van der Waals surface area contributed by atoms with Crippen LogP contribution in [0.15, 0.2) is 16.6 Å². The van der Waals surface area contributed by atoms with Gasteiger partial charge in [0.25, 0.3) is 0 Å². The molecule has 0 fully saturated rings. The molecule has 0 aliphatic rings. The van der Waals surface area contributed by atoms with Gasteiger partial charge < -0.3 is 10.2 Å². The molecule has 1 N–H and O–H groups in total. The lowest BCUT2D eigenvalue weighted by molar-refractivity contribution is -0.131. The monoisotopic (exact) mass is 334 g/mol. The van der Waals surface area contributed by atoms with Gasteiger partial charge >= 0.3 is 0 Å². The number of likely N-dealkylation sites (N-methyl/N-ethyl adjacent to an activating group) is 1. The van der Waals surface area contributed by atoms with Crippen molar-refractivity contribution in [1.82, 2.24) is 4.90 Å². The zero-order valence-electron chi connectivity index (χ0n) is 11.1. The van der Waals surface area contributed by atoms with Gasteiger partial charge in [-0.05, 0) is 42.8 Å². The summed E-state index contributed by atoms with van der Waals surface area (Å²) in [6.45, 7) is 6.59. The quantitative estimate of drug-likeness (QED) is 0.895. The number of halogens is 3. The Kier molecular flexibility index (Phi) is 5.72. The number of nitrogens with one attached hydrogen (secondary N) is 1. The number of rotatable bonds is 5. The highest BCUT2D eigenvalue weighted by Gasteiger charge is 2.20. The van der Waals surface area contributed by atoms with Crippen LogP contribution < -0.4 is 5.32 Å². The van der Waals surface area contributed by atoms with Crippen LogP contribution in [0.3, 0.4) is 0 Å². The molecule has 3 nitrogen and oxygen atoms in total. The summed E-state index contributed by atoms with van der Waals surface area (Å²) >= 11 is 3.08. The average molecular weight is 335 g/mol. The van der Waals surface area contributed by atoms with Crippen molar-refractivity contribution >= 4 is 27.5 Å². The molecule has 1 atom stereocenters. The predicted octanol–water partition coefficient (Wildman–Crippen LogP) is 3.40. The van der Waals surface area contributed by atoms with Crippen molar-refractivity contribution in [2.45, 2.75) is 26.8 Å². The van der Waals surface area contributed by atoms with Gasteiger partial charge in [0.05, 0.1) is 5.69 Å². The topological polar surface area (TPSA) is 32.3 Å². The van der Waals surface area contributed by atoms with Gasteiger partial charge in [-0.25, -0.2) is 8.78 Å². The first-order valence-corrected chi connectivity index (χ1v) is 6.89. The fraction of sp³-hybridized carbons (Fsp3) is 0.462. The van der Waals surface area contributed by atoms with Crippen LogP contribution in [-0.2, 0) is 4.79 Å². The summed E-state index contributed by atoms with van der Waals surface area (Å²) in [7, 11) is 0. The summed E-state index contributed by atoms with van der Waals surface area (Å²) in [5, 5.41) is 2.77. The van der Waals surface area contributed by atoms with Crippen molar-refractivity contribution in [2.75, 3.05) is 18.4 Å². The molecule has 6 heteroatoms. The minimum Gasteiger partial charge on any atom is -0.371 e. The third-order valence-corrected chi connectivity index (χ3v) is 3.44. The Morgan fingerprint density at radius 1 is 1.37 bits per heavy atom. The first kappa shape index (κ1) is 15.9. The molecule has 1 unspecified atom stereocenters. The lowest BCUT2D eigenvalue weighted by Gasteiger charge is -2.24. The van der Waals surface area contributed by atoms with Gasteiger partial charge in [0.1, 0.15) is 17.7 Å². The zero-order valence-corrected chi connectivity index (χ0v) is 12.7. The maximum atomic E-state index is 13.6. The van der Waals surface area contributed by atoms with Crippen molar-refractivity contribution in [3.63, 3.8) is 0 Å². The fourth-order valence-electron chi connectivity index (χ4n) is 1.77. The van der Waals surface area contributed by atoms with E-state index < -0.39 is 17.7 Å². The third kappa shape index (κ3) is 3.89. The molecule has 106 valence electrons. The minimum atomic E-state index is -0.730. The molecule has 0 heterocycles. The molecule has 0 aliphatic carbocycles. The normalized spacial score (nSPS) is 12.1. The minimum absolute atomic E-state index is 0.0920. The molecule has 1 rings (SSSR count). The van der Waals surface area contributed by atoms with Crippen molar-refractivity contribution in [1.29, 1.82) is 0 Å². The van der Waals surface area contributed by atoms with E-state index in [1.807, 2.05) is 13.8 Å². The van der Waals surface area contributed by atoms with E-state index in [1.165, 1.54) is 0 Å². The van der Waals surface area contributed by atoms with Crippen molar-refractivity contribution in [3.8, 4) is 0 Å². The van der Waals surface area contributed by atoms with Crippen LogP contribution >= 0.6 is 15.9 Å². The molecule has 0 aliphatic heterocycles. The van der Waals surface area contributed by atoms with Gasteiger partial charge in [-0.1, -0.05) is 0 Å². The van der Waals surface area contributed by atoms with Crippen LogP contribution in [-0.4, -0.2) is 29.9 Å². The SMILES string of the molecule is CCN(CC)C(=O)C(C)Nc1c(F)cc(F)cc1Br. The molecule has 1 aromatic rings. The van der Waals surface area contributed by atoms with E-state index in [2.05, 4.69) is 21.2 Å². The van der Waals surface area contributed by atoms with Crippen LogP contribution in [0.4, 0.5) is 14.5 Å². The van der Waals surface area contributed by atoms with Gasteiger partial charge in [-0.15, -0.1) is 0 Å². The summed E-state index contributed by atoms with van der Waals surface area (Å²) in [5.41, 5.74) is 0.0920. The van der Waals surface area contributed by atoms with Crippen molar-refractivity contribution < 1.29 is 13.6 Å². The largest absolute Gasteiger partial charge is 0.371 e. The maximum absolute atomic E-state index is 13.6. The number of hydrogen-bond acceptors (Lipinski definition) is 2. The molecular formula is C13H17BrF2N2O. The summed E-state index contributed by atoms with van der Waals surface area (Å²) in [6.07, 6.45) is 0. The van der Waals surface area contributed by atoms with E-state index in [1.54, 1.807) is 11.8 Å². The first-order valence-electron chi connectivity index (χ1n) is 6.10. The molecule has 0 bridgehead atoms. The van der Waals surface area contributed by atoms with Crippen molar-refractivity contribution in [2.24, 2.45) is 0 Å². The van der Waals surface area contributed by atoms with E-state index in [0.29, 0.717) is 13.1 Å². The summed E-state index contributed by atoms with van der Waals surface area (Å²) < 4.78 is 26.9. The summed E-state index contributed by atoms with van der Waals surface area (Å²) in [4.78, 5) is 13.7. The molecule has 0 radical (unpaired) electrons.